The van der Waals surface area contributed by atoms with Crippen LogP contribution in [0.2, 0.25) is 0 Å². The fourth-order valence-electron chi connectivity index (χ4n) is 3.30. The number of hydrogen-bond donors (Lipinski definition) is 1. The van der Waals surface area contributed by atoms with E-state index < -0.39 is 0 Å². The van der Waals surface area contributed by atoms with Crippen LogP contribution in [0, 0.1) is 11.6 Å². The van der Waals surface area contributed by atoms with Gasteiger partial charge in [-0.25, -0.2) is 4.98 Å². The highest BCUT2D eigenvalue weighted by Crippen LogP contribution is 2.18. The van der Waals surface area contributed by atoms with E-state index in [1.807, 2.05) is 28.5 Å². The van der Waals surface area contributed by atoms with Crippen LogP contribution in [0.5, 0.6) is 0 Å². The number of aromatic amines is 1. The second-order valence-corrected chi connectivity index (χ2v) is 6.89. The average molecular weight is 383 g/mol. The van der Waals surface area contributed by atoms with E-state index >= 15 is 0 Å². The first-order chi connectivity index (χ1) is 13.1. The van der Waals surface area contributed by atoms with Gasteiger partial charge in [0.25, 0.3) is 5.56 Å². The summed E-state index contributed by atoms with van der Waals surface area (Å²) >= 11 is 5.64. The zero-order chi connectivity index (χ0) is 19.0. The third-order valence-corrected chi connectivity index (χ3v) is 5.20. The summed E-state index contributed by atoms with van der Waals surface area (Å²) in [7, 11) is 0. The number of hydrogen-bond acceptors (Lipinski definition) is 6. The molecule has 3 heterocycles. The maximum absolute atomic E-state index is 12.8. The molecular formula is C19H21N5O2S. The van der Waals surface area contributed by atoms with Gasteiger partial charge in [0.15, 0.2) is 5.65 Å². The van der Waals surface area contributed by atoms with Crippen molar-refractivity contribution in [2.75, 3.05) is 31.2 Å². The van der Waals surface area contributed by atoms with Crippen LogP contribution >= 0.6 is 12.2 Å². The van der Waals surface area contributed by atoms with Gasteiger partial charge >= 0.3 is 0 Å². The molecule has 1 aromatic carbocycles. The molecule has 27 heavy (non-hydrogen) atoms. The van der Waals surface area contributed by atoms with Gasteiger partial charge in [-0.2, -0.15) is 4.98 Å². The minimum Gasteiger partial charge on any atom is -0.378 e. The lowest BCUT2D eigenvalue weighted by Crippen LogP contribution is -2.38. The number of rotatable bonds is 3. The van der Waals surface area contributed by atoms with Crippen LogP contribution in [0.15, 0.2) is 29.1 Å². The fraction of sp³-hybridized carbons (Fsp3) is 0.368. The topological polar surface area (TPSA) is 76.0 Å². The molecule has 0 atom stereocenters. The summed E-state index contributed by atoms with van der Waals surface area (Å²) in [5, 5.41) is 0.340. The predicted octanol–water partition coefficient (Wildman–Crippen LogP) is 2.55. The summed E-state index contributed by atoms with van der Waals surface area (Å²) in [6.45, 7) is 6.59. The Morgan fingerprint density at radius 1 is 1.19 bits per heavy atom. The molecule has 7 nitrogen and oxygen atoms in total. The van der Waals surface area contributed by atoms with Crippen LogP contribution in [-0.2, 0) is 11.2 Å². The number of H-pyrrole nitrogens is 1. The number of ether oxygens (including phenoxy) is 1. The molecule has 1 N–H and O–H groups in total. The standard InChI is InChI=1S/C19H21N5O2S/c1-3-13-4-6-14(7-5-13)24-12(2)20-16-15(18(24)27)17(25)22-19(21-16)23-8-10-26-11-9-23/h4-7H,3,8-11H2,1-2H3,(H,21,22,25). The third kappa shape index (κ3) is 3.26. The molecule has 1 aliphatic rings. The maximum Gasteiger partial charge on any atom is 0.264 e. The minimum atomic E-state index is -0.266. The summed E-state index contributed by atoms with van der Waals surface area (Å²) in [4.78, 5) is 26.8. The van der Waals surface area contributed by atoms with Gasteiger partial charge in [-0.15, -0.1) is 0 Å². The van der Waals surface area contributed by atoms with E-state index in [-0.39, 0.29) is 5.56 Å². The second kappa shape index (κ2) is 7.21. The van der Waals surface area contributed by atoms with E-state index in [0.29, 0.717) is 53.8 Å². The van der Waals surface area contributed by atoms with Crippen LogP contribution in [0.3, 0.4) is 0 Å². The van der Waals surface area contributed by atoms with Crippen molar-refractivity contribution in [3.8, 4) is 5.69 Å². The van der Waals surface area contributed by atoms with Gasteiger partial charge in [-0.05, 0) is 31.0 Å². The lowest BCUT2D eigenvalue weighted by molar-refractivity contribution is 0.122. The zero-order valence-corrected chi connectivity index (χ0v) is 16.2. The molecule has 0 saturated carbocycles. The van der Waals surface area contributed by atoms with Crippen molar-refractivity contribution >= 4 is 29.2 Å². The highest BCUT2D eigenvalue weighted by Gasteiger charge is 2.17. The van der Waals surface area contributed by atoms with Crippen LogP contribution in [0.25, 0.3) is 16.7 Å². The Morgan fingerprint density at radius 3 is 2.56 bits per heavy atom. The monoisotopic (exact) mass is 383 g/mol. The van der Waals surface area contributed by atoms with Crippen LogP contribution in [0.4, 0.5) is 5.95 Å². The minimum absolute atomic E-state index is 0.266. The zero-order valence-electron chi connectivity index (χ0n) is 15.4. The lowest BCUT2D eigenvalue weighted by Gasteiger charge is -2.27. The molecule has 1 saturated heterocycles. The van der Waals surface area contributed by atoms with Crippen molar-refractivity contribution in [3.63, 3.8) is 0 Å². The molecule has 8 heteroatoms. The first-order valence-electron chi connectivity index (χ1n) is 9.04. The number of nitrogens with zero attached hydrogens (tertiary/aromatic N) is 4. The van der Waals surface area contributed by atoms with Gasteiger partial charge in [0, 0.05) is 18.8 Å². The molecule has 0 bridgehead atoms. The molecule has 0 spiro atoms. The normalized spacial score (nSPS) is 14.7. The Labute approximate surface area is 161 Å². The Bertz CT molecular complexity index is 1100. The van der Waals surface area contributed by atoms with Crippen molar-refractivity contribution in [2.45, 2.75) is 20.3 Å². The number of benzene rings is 1. The SMILES string of the molecule is CCc1ccc(-n2c(C)nc3nc(N4CCOCC4)[nH]c(=O)c3c2=S)cc1. The lowest BCUT2D eigenvalue weighted by atomic mass is 10.1. The summed E-state index contributed by atoms with van der Waals surface area (Å²) in [6.07, 6.45) is 0.967. The van der Waals surface area contributed by atoms with E-state index in [4.69, 9.17) is 17.0 Å². The third-order valence-electron chi connectivity index (χ3n) is 4.81. The van der Waals surface area contributed by atoms with Gasteiger partial charge in [0.2, 0.25) is 5.95 Å². The second-order valence-electron chi connectivity index (χ2n) is 6.51. The molecule has 0 aliphatic carbocycles. The van der Waals surface area contributed by atoms with E-state index in [1.54, 1.807) is 0 Å². The Morgan fingerprint density at radius 2 is 1.89 bits per heavy atom. The summed E-state index contributed by atoms with van der Waals surface area (Å²) < 4.78 is 7.60. The summed E-state index contributed by atoms with van der Waals surface area (Å²) in [6, 6.07) is 8.12. The van der Waals surface area contributed by atoms with E-state index in [0.717, 1.165) is 12.1 Å². The van der Waals surface area contributed by atoms with E-state index in [1.165, 1.54) is 5.56 Å². The Balaban J connectivity index is 1.87. The molecule has 0 amide bonds. The molecule has 1 fully saturated rings. The fourth-order valence-corrected chi connectivity index (χ4v) is 3.72. The predicted molar refractivity (Wildman–Crippen MR) is 107 cm³/mol. The van der Waals surface area contributed by atoms with E-state index in [9.17, 15) is 4.79 Å². The molecule has 0 radical (unpaired) electrons. The maximum atomic E-state index is 12.8. The van der Waals surface area contributed by atoms with Crippen molar-refractivity contribution in [3.05, 3.63) is 50.6 Å². The molecule has 2 aromatic heterocycles. The van der Waals surface area contributed by atoms with Gasteiger partial charge in [0.05, 0.1) is 13.2 Å². The Kier molecular flexibility index (Phi) is 4.75. The highest BCUT2D eigenvalue weighted by molar-refractivity contribution is 7.71. The number of morpholine rings is 1. The van der Waals surface area contributed by atoms with Crippen LogP contribution in [0.1, 0.15) is 18.3 Å². The number of anilines is 1. The molecule has 1 aliphatic heterocycles. The van der Waals surface area contributed by atoms with Crippen molar-refractivity contribution in [1.82, 2.24) is 19.5 Å². The largest absolute Gasteiger partial charge is 0.378 e. The summed E-state index contributed by atoms with van der Waals surface area (Å²) in [5.74, 6) is 1.21. The number of aromatic nitrogens is 4. The van der Waals surface area contributed by atoms with Gasteiger partial charge < -0.3 is 9.64 Å². The van der Waals surface area contributed by atoms with Crippen LogP contribution in [-0.4, -0.2) is 45.8 Å². The van der Waals surface area contributed by atoms with Crippen molar-refractivity contribution in [1.29, 1.82) is 0 Å². The Hall–Kier alpha value is -2.58. The quantitative estimate of drug-likeness (QED) is 0.701. The average Bonchev–Trinajstić information content (AvgIpc) is 2.68. The molecule has 140 valence electrons. The smallest absolute Gasteiger partial charge is 0.264 e. The first kappa shape index (κ1) is 17.8. The number of fused-ring (bicyclic) bond motifs is 1. The van der Waals surface area contributed by atoms with Crippen LogP contribution < -0.4 is 10.5 Å². The molecule has 0 unspecified atom stereocenters. The van der Waals surface area contributed by atoms with Crippen molar-refractivity contribution < 1.29 is 4.74 Å². The molecule has 3 aromatic rings. The number of aryl methyl sites for hydroxylation is 2. The van der Waals surface area contributed by atoms with Crippen molar-refractivity contribution in [2.24, 2.45) is 0 Å². The number of nitrogens with one attached hydrogen (secondary N) is 1. The van der Waals surface area contributed by atoms with Gasteiger partial charge in [0.1, 0.15) is 15.9 Å². The molecule has 4 rings (SSSR count). The van der Waals surface area contributed by atoms with E-state index in [2.05, 4.69) is 34.0 Å². The van der Waals surface area contributed by atoms with Gasteiger partial charge in [-0.3, -0.25) is 14.3 Å². The summed E-state index contributed by atoms with van der Waals surface area (Å²) in [5.41, 5.74) is 2.24. The van der Waals surface area contributed by atoms with Gasteiger partial charge in [-0.1, -0.05) is 31.3 Å². The molecular weight excluding hydrogens is 362 g/mol. The highest BCUT2D eigenvalue weighted by atomic mass is 32.1. The first-order valence-corrected chi connectivity index (χ1v) is 9.45.